The first-order chi connectivity index (χ1) is 6.75. The second-order valence-electron chi connectivity index (χ2n) is 5.46. The Balaban J connectivity index is 4.14. The van der Waals surface area contributed by atoms with Crippen molar-refractivity contribution in [3.05, 3.63) is 0 Å². The van der Waals surface area contributed by atoms with Gasteiger partial charge >= 0.3 is 0 Å². The van der Waals surface area contributed by atoms with Gasteiger partial charge in [-0.3, -0.25) is 4.79 Å². The Bertz CT molecular complexity index is 205. The van der Waals surface area contributed by atoms with Gasteiger partial charge in [-0.15, -0.1) is 0 Å². The van der Waals surface area contributed by atoms with Crippen LogP contribution >= 0.6 is 0 Å². The topological polar surface area (TPSA) is 26.3 Å². The van der Waals surface area contributed by atoms with Gasteiger partial charge < -0.3 is 4.74 Å². The van der Waals surface area contributed by atoms with Crippen molar-refractivity contribution < 1.29 is 9.53 Å². The number of rotatable bonds is 7. The Morgan fingerprint density at radius 2 is 1.67 bits per heavy atom. The summed E-state index contributed by atoms with van der Waals surface area (Å²) >= 11 is 0. The summed E-state index contributed by atoms with van der Waals surface area (Å²) in [5, 5.41) is 0. The van der Waals surface area contributed by atoms with Gasteiger partial charge in [0.05, 0.1) is 5.60 Å². The Morgan fingerprint density at radius 3 is 2.07 bits per heavy atom. The number of hydrogen-bond acceptors (Lipinski definition) is 2. The second kappa shape index (κ2) is 5.64. The molecular formula is C13H26O2. The highest BCUT2D eigenvalue weighted by Crippen LogP contribution is 2.24. The van der Waals surface area contributed by atoms with Gasteiger partial charge in [0.25, 0.3) is 0 Å². The second-order valence-corrected chi connectivity index (χ2v) is 5.46. The molecule has 0 bridgehead atoms. The van der Waals surface area contributed by atoms with Crippen molar-refractivity contribution in [1.29, 1.82) is 0 Å². The Hall–Kier alpha value is -0.370. The lowest BCUT2D eigenvalue weighted by atomic mass is 9.84. The maximum atomic E-state index is 11.9. The van der Waals surface area contributed by atoms with E-state index >= 15 is 0 Å². The molecule has 0 aromatic heterocycles. The van der Waals surface area contributed by atoms with Crippen molar-refractivity contribution >= 4 is 5.78 Å². The lowest BCUT2D eigenvalue weighted by molar-refractivity contribution is -0.138. The quantitative estimate of drug-likeness (QED) is 0.647. The Labute approximate surface area is 94.4 Å². The summed E-state index contributed by atoms with van der Waals surface area (Å²) in [5.41, 5.74) is -0.420. The minimum atomic E-state index is -0.238. The molecule has 2 heteroatoms. The highest BCUT2D eigenvalue weighted by molar-refractivity contribution is 5.85. The summed E-state index contributed by atoms with van der Waals surface area (Å²) in [5.74, 6) is 0.214. The number of ketones is 1. The van der Waals surface area contributed by atoms with Crippen molar-refractivity contribution in [3.8, 4) is 0 Å². The fraction of sp³-hybridized carbons (Fsp3) is 0.923. The normalized spacial score (nSPS) is 12.9. The van der Waals surface area contributed by atoms with Crippen LogP contribution in [0.25, 0.3) is 0 Å². The average Bonchev–Trinajstić information content (AvgIpc) is 2.14. The molecule has 90 valence electrons. The highest BCUT2D eigenvalue weighted by Gasteiger charge is 2.28. The van der Waals surface area contributed by atoms with Gasteiger partial charge in [-0.2, -0.15) is 0 Å². The molecule has 0 radical (unpaired) electrons. The predicted octanol–water partition coefficient (Wildman–Crippen LogP) is 3.59. The van der Waals surface area contributed by atoms with E-state index in [1.807, 2.05) is 27.7 Å². The van der Waals surface area contributed by atoms with Gasteiger partial charge in [-0.05, 0) is 26.7 Å². The maximum absolute atomic E-state index is 11.9. The van der Waals surface area contributed by atoms with Crippen molar-refractivity contribution in [2.75, 3.05) is 6.61 Å². The molecule has 2 nitrogen and oxygen atoms in total. The lowest BCUT2D eigenvalue weighted by Crippen LogP contribution is -2.33. The number of ether oxygens (including phenoxy) is 1. The number of hydrogen-bond donors (Lipinski definition) is 0. The molecule has 15 heavy (non-hydrogen) atoms. The first kappa shape index (κ1) is 14.6. The summed E-state index contributed by atoms with van der Waals surface area (Å²) in [6.07, 6.45) is 2.89. The van der Waals surface area contributed by atoms with Gasteiger partial charge in [0, 0.05) is 5.41 Å². The Morgan fingerprint density at radius 1 is 1.13 bits per heavy atom. The van der Waals surface area contributed by atoms with Crippen LogP contribution in [0.1, 0.15) is 60.8 Å². The van der Waals surface area contributed by atoms with E-state index in [0.29, 0.717) is 0 Å². The zero-order valence-corrected chi connectivity index (χ0v) is 11.1. The van der Waals surface area contributed by atoms with Gasteiger partial charge in [0.15, 0.2) is 5.78 Å². The average molecular weight is 214 g/mol. The molecule has 0 aliphatic rings. The summed E-state index contributed by atoms with van der Waals surface area (Å²) in [7, 11) is 0. The third kappa shape index (κ3) is 5.31. The lowest BCUT2D eigenvalue weighted by Gasteiger charge is -2.27. The summed E-state index contributed by atoms with van der Waals surface area (Å²) in [6.45, 7) is 12.5. The third-order valence-electron chi connectivity index (χ3n) is 3.08. The molecule has 0 N–H and O–H groups in total. The molecule has 0 aliphatic heterocycles. The largest absolute Gasteiger partial charge is 0.368 e. The number of Topliss-reactive ketones (excluding diaryl/α,β-unsaturated/α-hetero) is 1. The Kier molecular flexibility index (Phi) is 5.50. The smallest absolute Gasteiger partial charge is 0.164 e. The fourth-order valence-electron chi connectivity index (χ4n) is 1.32. The minimum absolute atomic E-state index is 0.183. The SMILES string of the molecule is CCCC(C)(C)C(=O)COC(C)(C)CC. The van der Waals surface area contributed by atoms with E-state index in [9.17, 15) is 4.79 Å². The number of carbonyl (C=O) groups excluding carboxylic acids is 1. The molecule has 0 rings (SSSR count). The molecule has 0 saturated heterocycles. The van der Waals surface area contributed by atoms with Crippen LogP contribution in [0.4, 0.5) is 0 Å². The molecule has 0 heterocycles. The van der Waals surface area contributed by atoms with E-state index < -0.39 is 0 Å². The monoisotopic (exact) mass is 214 g/mol. The molecule has 0 atom stereocenters. The van der Waals surface area contributed by atoms with E-state index in [0.717, 1.165) is 19.3 Å². The third-order valence-corrected chi connectivity index (χ3v) is 3.08. The van der Waals surface area contributed by atoms with E-state index in [-0.39, 0.29) is 23.4 Å². The summed E-state index contributed by atoms with van der Waals surface area (Å²) in [6, 6.07) is 0. The zero-order valence-electron chi connectivity index (χ0n) is 11.1. The van der Waals surface area contributed by atoms with Crippen molar-refractivity contribution in [1.82, 2.24) is 0 Å². The van der Waals surface area contributed by atoms with E-state index in [1.54, 1.807) is 0 Å². The molecule has 0 aromatic carbocycles. The van der Waals surface area contributed by atoms with Crippen LogP contribution in [0.2, 0.25) is 0 Å². The fourth-order valence-corrected chi connectivity index (χ4v) is 1.32. The molecule has 0 unspecified atom stereocenters. The first-order valence-corrected chi connectivity index (χ1v) is 5.92. The zero-order chi connectivity index (χ0) is 12.1. The van der Waals surface area contributed by atoms with Crippen LogP contribution in [0.15, 0.2) is 0 Å². The highest BCUT2D eigenvalue weighted by atomic mass is 16.5. The van der Waals surface area contributed by atoms with Crippen molar-refractivity contribution in [3.63, 3.8) is 0 Å². The molecule has 0 saturated carbocycles. The predicted molar refractivity (Wildman–Crippen MR) is 64.0 cm³/mol. The first-order valence-electron chi connectivity index (χ1n) is 5.92. The van der Waals surface area contributed by atoms with Crippen LogP contribution in [-0.2, 0) is 9.53 Å². The molecule has 0 aromatic rings. The maximum Gasteiger partial charge on any atom is 0.164 e. The van der Waals surface area contributed by atoms with Crippen LogP contribution < -0.4 is 0 Å². The van der Waals surface area contributed by atoms with E-state index in [4.69, 9.17) is 4.74 Å². The summed E-state index contributed by atoms with van der Waals surface area (Å²) < 4.78 is 5.62. The molecular weight excluding hydrogens is 188 g/mol. The molecule has 0 fully saturated rings. The van der Waals surface area contributed by atoms with E-state index in [2.05, 4.69) is 13.8 Å². The van der Waals surface area contributed by atoms with Gasteiger partial charge in [-0.1, -0.05) is 34.1 Å². The summed E-state index contributed by atoms with van der Waals surface area (Å²) in [4.78, 5) is 11.9. The van der Waals surface area contributed by atoms with Gasteiger partial charge in [0.2, 0.25) is 0 Å². The number of carbonyl (C=O) groups is 1. The van der Waals surface area contributed by atoms with Crippen LogP contribution in [0, 0.1) is 5.41 Å². The molecule has 0 aliphatic carbocycles. The van der Waals surface area contributed by atoms with Gasteiger partial charge in [-0.25, -0.2) is 0 Å². The van der Waals surface area contributed by atoms with Gasteiger partial charge in [0.1, 0.15) is 6.61 Å². The standard InChI is InChI=1S/C13H26O2/c1-7-9-12(3,4)11(14)10-15-13(5,6)8-2/h7-10H2,1-6H3. The molecule has 0 spiro atoms. The van der Waals surface area contributed by atoms with Crippen LogP contribution in [0.3, 0.4) is 0 Å². The van der Waals surface area contributed by atoms with Crippen molar-refractivity contribution in [2.45, 2.75) is 66.4 Å². The van der Waals surface area contributed by atoms with Crippen molar-refractivity contribution in [2.24, 2.45) is 5.41 Å². The van der Waals surface area contributed by atoms with E-state index in [1.165, 1.54) is 0 Å². The molecule has 0 amide bonds. The van der Waals surface area contributed by atoms with Crippen LogP contribution in [-0.4, -0.2) is 18.0 Å². The minimum Gasteiger partial charge on any atom is -0.368 e. The van der Waals surface area contributed by atoms with Crippen LogP contribution in [0.5, 0.6) is 0 Å².